The van der Waals surface area contributed by atoms with Crippen LogP contribution < -0.4 is 4.90 Å². The summed E-state index contributed by atoms with van der Waals surface area (Å²) in [6.45, 7) is 11.7. The number of benzene rings is 4. The highest BCUT2D eigenvalue weighted by Gasteiger charge is 2.42. The molecule has 4 aromatic rings. The van der Waals surface area contributed by atoms with Crippen LogP contribution in [0.2, 0.25) is 0 Å². The molecule has 0 amide bonds. The fraction of sp³-hybridized carbons (Fsp3) is 0.243. The van der Waals surface area contributed by atoms with Crippen LogP contribution in [0, 0.1) is 6.92 Å². The Morgan fingerprint density at radius 2 is 1.32 bits per heavy atom. The first kappa shape index (κ1) is 23.3. The topological polar surface area (TPSA) is 3.24 Å². The zero-order valence-corrected chi connectivity index (χ0v) is 23.0. The molecular formula is C37H35N. The van der Waals surface area contributed by atoms with Crippen molar-refractivity contribution in [2.75, 3.05) is 4.90 Å². The maximum absolute atomic E-state index is 2.49. The highest BCUT2D eigenvalue weighted by Crippen LogP contribution is 2.55. The average Bonchev–Trinajstić information content (AvgIpc) is 3.30. The third-order valence-electron chi connectivity index (χ3n) is 9.35. The Bertz CT molecular complexity index is 1640. The van der Waals surface area contributed by atoms with E-state index in [-0.39, 0.29) is 10.8 Å². The van der Waals surface area contributed by atoms with E-state index in [4.69, 9.17) is 0 Å². The standard InChI is InChI=1S/C37H35N/c1-24-14-16-25(17-15-24)38(26-18-20-30-28-10-6-8-12-32(28)36(2,3)34(30)22-26)27-19-21-31-29-11-7-9-13-33(29)37(4,5)35(31)23-27/h6-20,22-23,31H,21H2,1-5H3. The molecule has 38 heavy (non-hydrogen) atoms. The SMILES string of the molecule is Cc1ccc(N(C2=CCC3C(=C2)C(C)(C)c2ccccc23)c2ccc3c(c2)C(C)(C)c2ccccc2-3)cc1. The smallest absolute Gasteiger partial charge is 0.0464 e. The second-order valence-electron chi connectivity index (χ2n) is 12.3. The van der Waals surface area contributed by atoms with Gasteiger partial charge in [-0.25, -0.2) is 0 Å². The maximum Gasteiger partial charge on any atom is 0.0464 e. The summed E-state index contributed by atoms with van der Waals surface area (Å²) < 4.78 is 0. The molecule has 1 nitrogen and oxygen atoms in total. The lowest BCUT2D eigenvalue weighted by Gasteiger charge is -2.33. The Morgan fingerprint density at radius 1 is 0.658 bits per heavy atom. The van der Waals surface area contributed by atoms with Gasteiger partial charge in [0.2, 0.25) is 0 Å². The van der Waals surface area contributed by atoms with Crippen molar-refractivity contribution in [1.82, 2.24) is 0 Å². The van der Waals surface area contributed by atoms with Gasteiger partial charge in [-0.1, -0.05) is 112 Å². The second-order valence-corrected chi connectivity index (χ2v) is 12.3. The van der Waals surface area contributed by atoms with Crippen LogP contribution in [0.15, 0.2) is 114 Å². The predicted octanol–water partition coefficient (Wildman–Crippen LogP) is 9.73. The molecule has 0 radical (unpaired) electrons. The summed E-state index contributed by atoms with van der Waals surface area (Å²) in [4.78, 5) is 2.47. The minimum atomic E-state index is -0.0273. The van der Waals surface area contributed by atoms with E-state index in [1.54, 1.807) is 0 Å². The maximum atomic E-state index is 2.49. The van der Waals surface area contributed by atoms with Crippen molar-refractivity contribution in [3.63, 3.8) is 0 Å². The Balaban J connectivity index is 1.38. The summed E-state index contributed by atoms with van der Waals surface area (Å²) in [7, 11) is 0. The first-order valence-corrected chi connectivity index (χ1v) is 13.9. The van der Waals surface area contributed by atoms with Gasteiger partial charge in [-0.3, -0.25) is 0 Å². The summed E-state index contributed by atoms with van der Waals surface area (Å²) in [5, 5.41) is 0. The summed E-state index contributed by atoms with van der Waals surface area (Å²) >= 11 is 0. The zero-order valence-electron chi connectivity index (χ0n) is 23.0. The minimum Gasteiger partial charge on any atom is -0.311 e. The lowest BCUT2D eigenvalue weighted by Crippen LogP contribution is -2.23. The van der Waals surface area contributed by atoms with Crippen LogP contribution in [0.5, 0.6) is 0 Å². The lowest BCUT2D eigenvalue weighted by molar-refractivity contribution is 0.609. The molecule has 0 saturated heterocycles. The molecule has 1 heteroatoms. The molecule has 0 aromatic heterocycles. The molecule has 0 heterocycles. The molecule has 0 aliphatic heterocycles. The van der Waals surface area contributed by atoms with Gasteiger partial charge in [-0.2, -0.15) is 0 Å². The summed E-state index contributed by atoms with van der Waals surface area (Å²) in [6.07, 6.45) is 5.98. The van der Waals surface area contributed by atoms with Gasteiger partial charge in [0.15, 0.2) is 0 Å². The van der Waals surface area contributed by atoms with Crippen molar-refractivity contribution in [2.45, 2.75) is 57.8 Å². The quantitative estimate of drug-likeness (QED) is 0.274. The van der Waals surface area contributed by atoms with Crippen LogP contribution >= 0.6 is 0 Å². The van der Waals surface area contributed by atoms with Crippen LogP contribution in [0.25, 0.3) is 11.1 Å². The summed E-state index contributed by atoms with van der Waals surface area (Å²) in [6, 6.07) is 34.0. The van der Waals surface area contributed by atoms with E-state index in [0.717, 1.165) is 6.42 Å². The Hall–Kier alpha value is -3.84. The van der Waals surface area contributed by atoms with Crippen LogP contribution in [0.1, 0.15) is 67.9 Å². The molecule has 0 fully saturated rings. The highest BCUT2D eigenvalue weighted by molar-refractivity contribution is 5.84. The van der Waals surface area contributed by atoms with E-state index >= 15 is 0 Å². The van der Waals surface area contributed by atoms with Gasteiger partial charge in [-0.05, 0) is 77.1 Å². The van der Waals surface area contributed by atoms with Crippen LogP contribution in [-0.4, -0.2) is 0 Å². The molecule has 0 N–H and O–H groups in total. The van der Waals surface area contributed by atoms with Crippen molar-refractivity contribution >= 4 is 11.4 Å². The predicted molar refractivity (Wildman–Crippen MR) is 160 cm³/mol. The number of anilines is 2. The molecule has 188 valence electrons. The first-order valence-electron chi connectivity index (χ1n) is 13.9. The van der Waals surface area contributed by atoms with E-state index in [0.29, 0.717) is 5.92 Å². The molecule has 0 bridgehead atoms. The number of aryl methyl sites for hydroxylation is 1. The van der Waals surface area contributed by atoms with E-state index < -0.39 is 0 Å². The second kappa shape index (κ2) is 8.08. The molecule has 3 aliphatic carbocycles. The van der Waals surface area contributed by atoms with Gasteiger partial charge < -0.3 is 4.90 Å². The van der Waals surface area contributed by atoms with Crippen molar-refractivity contribution < 1.29 is 0 Å². The monoisotopic (exact) mass is 493 g/mol. The number of nitrogens with zero attached hydrogens (tertiary/aromatic N) is 1. The first-order chi connectivity index (χ1) is 18.3. The van der Waals surface area contributed by atoms with Gasteiger partial charge in [0.25, 0.3) is 0 Å². The molecule has 1 atom stereocenters. The minimum absolute atomic E-state index is 0.0273. The van der Waals surface area contributed by atoms with E-state index in [1.165, 1.54) is 61.6 Å². The fourth-order valence-corrected chi connectivity index (χ4v) is 7.25. The van der Waals surface area contributed by atoms with E-state index in [2.05, 4.69) is 143 Å². The van der Waals surface area contributed by atoms with E-state index in [1.807, 2.05) is 0 Å². The van der Waals surface area contributed by atoms with Crippen LogP contribution in [0.4, 0.5) is 11.4 Å². The Labute approximate surface area is 227 Å². The van der Waals surface area contributed by atoms with Gasteiger partial charge in [-0.15, -0.1) is 0 Å². The van der Waals surface area contributed by atoms with Crippen molar-refractivity contribution in [3.05, 3.63) is 142 Å². The molecular weight excluding hydrogens is 458 g/mol. The molecule has 1 unspecified atom stereocenters. The fourth-order valence-electron chi connectivity index (χ4n) is 7.25. The molecule has 3 aliphatic rings. The van der Waals surface area contributed by atoms with Crippen molar-refractivity contribution in [3.8, 4) is 11.1 Å². The number of hydrogen-bond acceptors (Lipinski definition) is 1. The van der Waals surface area contributed by atoms with Gasteiger partial charge >= 0.3 is 0 Å². The lowest BCUT2D eigenvalue weighted by atomic mass is 9.78. The van der Waals surface area contributed by atoms with Crippen molar-refractivity contribution in [2.24, 2.45) is 0 Å². The summed E-state index contributed by atoms with van der Waals surface area (Å²) in [5.41, 5.74) is 15.0. The molecule has 0 spiro atoms. The van der Waals surface area contributed by atoms with E-state index in [9.17, 15) is 0 Å². The highest BCUT2D eigenvalue weighted by atomic mass is 15.1. The largest absolute Gasteiger partial charge is 0.311 e. The van der Waals surface area contributed by atoms with Crippen LogP contribution in [-0.2, 0) is 10.8 Å². The normalized spacial score (nSPS) is 19.6. The molecule has 4 aromatic carbocycles. The Morgan fingerprint density at radius 3 is 2.11 bits per heavy atom. The van der Waals surface area contributed by atoms with Gasteiger partial charge in [0, 0.05) is 33.8 Å². The average molecular weight is 494 g/mol. The van der Waals surface area contributed by atoms with Crippen molar-refractivity contribution in [1.29, 1.82) is 0 Å². The Kier molecular flexibility index (Phi) is 4.95. The van der Waals surface area contributed by atoms with Gasteiger partial charge in [0.05, 0.1) is 0 Å². The zero-order chi connectivity index (χ0) is 26.2. The number of hydrogen-bond donors (Lipinski definition) is 0. The third-order valence-corrected chi connectivity index (χ3v) is 9.35. The number of allylic oxidation sites excluding steroid dienone is 3. The third kappa shape index (κ3) is 3.24. The van der Waals surface area contributed by atoms with Crippen LogP contribution in [0.3, 0.4) is 0 Å². The number of fused-ring (bicyclic) bond motifs is 6. The molecule has 0 saturated carbocycles. The summed E-state index contributed by atoms with van der Waals surface area (Å²) in [5.74, 6) is 0.471. The van der Waals surface area contributed by atoms with Gasteiger partial charge in [0.1, 0.15) is 0 Å². The number of rotatable bonds is 3. The molecule has 7 rings (SSSR count).